The van der Waals surface area contributed by atoms with Crippen molar-refractivity contribution in [1.29, 1.82) is 0 Å². The Kier molecular flexibility index (Phi) is 4.63. The first-order valence-electron chi connectivity index (χ1n) is 9.06. The average molecular weight is 374 g/mol. The van der Waals surface area contributed by atoms with Crippen LogP contribution in [0.2, 0.25) is 0 Å². The van der Waals surface area contributed by atoms with Crippen molar-refractivity contribution in [3.8, 4) is 0 Å². The van der Waals surface area contributed by atoms with Crippen LogP contribution in [0.3, 0.4) is 0 Å². The number of imidazole rings is 1. The first-order valence-corrected chi connectivity index (χ1v) is 9.06. The second-order valence-electron chi connectivity index (χ2n) is 7.12. The van der Waals surface area contributed by atoms with Crippen LogP contribution in [0.1, 0.15) is 35.7 Å². The molecule has 4 rings (SSSR count). The van der Waals surface area contributed by atoms with Gasteiger partial charge in [-0.2, -0.15) is 13.2 Å². The SMILES string of the molecule is Cn1c(CN2CCC(c3ccc(C(F)(F)F)cc3)CC2)nc2ccncc21. The van der Waals surface area contributed by atoms with Crippen LogP contribution in [-0.2, 0) is 19.8 Å². The third-order valence-corrected chi connectivity index (χ3v) is 5.44. The van der Waals surface area contributed by atoms with E-state index in [1.165, 1.54) is 12.1 Å². The summed E-state index contributed by atoms with van der Waals surface area (Å²) in [7, 11) is 2.00. The van der Waals surface area contributed by atoms with E-state index in [-0.39, 0.29) is 0 Å². The molecule has 1 aliphatic rings. The number of hydrogen-bond donors (Lipinski definition) is 0. The van der Waals surface area contributed by atoms with Crippen LogP contribution < -0.4 is 0 Å². The van der Waals surface area contributed by atoms with Crippen LogP contribution in [0, 0.1) is 0 Å². The molecule has 0 aliphatic carbocycles. The van der Waals surface area contributed by atoms with Crippen LogP contribution in [-0.4, -0.2) is 32.5 Å². The summed E-state index contributed by atoms with van der Waals surface area (Å²) in [6, 6.07) is 7.54. The van der Waals surface area contributed by atoms with Gasteiger partial charge in [-0.15, -0.1) is 0 Å². The third-order valence-electron chi connectivity index (χ3n) is 5.44. The topological polar surface area (TPSA) is 34.0 Å². The minimum atomic E-state index is -4.27. The fraction of sp³-hybridized carbons (Fsp3) is 0.400. The van der Waals surface area contributed by atoms with Crippen LogP contribution >= 0.6 is 0 Å². The summed E-state index contributed by atoms with van der Waals surface area (Å²) in [5, 5.41) is 0. The van der Waals surface area contributed by atoms with Crippen LogP contribution in [0.15, 0.2) is 42.7 Å². The lowest BCUT2D eigenvalue weighted by Crippen LogP contribution is -2.33. The van der Waals surface area contributed by atoms with Crippen LogP contribution in [0.5, 0.6) is 0 Å². The Bertz CT molecular complexity index is 923. The van der Waals surface area contributed by atoms with Gasteiger partial charge in [-0.05, 0) is 55.6 Å². The summed E-state index contributed by atoms with van der Waals surface area (Å²) >= 11 is 0. The van der Waals surface area contributed by atoms with Gasteiger partial charge in [-0.25, -0.2) is 4.98 Å². The van der Waals surface area contributed by atoms with Crippen molar-refractivity contribution in [1.82, 2.24) is 19.4 Å². The van der Waals surface area contributed by atoms with Gasteiger partial charge in [0.15, 0.2) is 0 Å². The Balaban J connectivity index is 1.39. The van der Waals surface area contributed by atoms with E-state index in [1.807, 2.05) is 19.3 Å². The number of rotatable bonds is 3. The molecular weight excluding hydrogens is 353 g/mol. The molecule has 0 radical (unpaired) electrons. The number of likely N-dealkylation sites (tertiary alicyclic amines) is 1. The highest BCUT2D eigenvalue weighted by Gasteiger charge is 2.30. The Morgan fingerprint density at radius 1 is 1.07 bits per heavy atom. The molecule has 0 atom stereocenters. The zero-order chi connectivity index (χ0) is 19.0. The van der Waals surface area contributed by atoms with Gasteiger partial charge in [-0.1, -0.05) is 12.1 Å². The summed E-state index contributed by atoms with van der Waals surface area (Å²) in [6.07, 6.45) is 1.17. The highest BCUT2D eigenvalue weighted by atomic mass is 19.4. The molecule has 1 aliphatic heterocycles. The number of pyridine rings is 1. The van der Waals surface area contributed by atoms with Crippen molar-refractivity contribution in [2.75, 3.05) is 13.1 Å². The van der Waals surface area contributed by atoms with Gasteiger partial charge in [0.2, 0.25) is 0 Å². The maximum Gasteiger partial charge on any atom is 0.416 e. The highest BCUT2D eigenvalue weighted by molar-refractivity contribution is 5.74. The molecule has 0 bridgehead atoms. The predicted molar refractivity (Wildman–Crippen MR) is 97.2 cm³/mol. The van der Waals surface area contributed by atoms with Crippen LogP contribution in [0.4, 0.5) is 13.2 Å². The van der Waals surface area contributed by atoms with Gasteiger partial charge in [0.25, 0.3) is 0 Å². The minimum Gasteiger partial charge on any atom is -0.329 e. The second-order valence-corrected chi connectivity index (χ2v) is 7.12. The molecule has 1 aromatic carbocycles. The largest absolute Gasteiger partial charge is 0.416 e. The minimum absolute atomic E-state index is 0.313. The lowest BCUT2D eigenvalue weighted by atomic mass is 9.89. The van der Waals surface area contributed by atoms with E-state index in [9.17, 15) is 13.2 Å². The number of alkyl halides is 3. The molecule has 7 heteroatoms. The monoisotopic (exact) mass is 374 g/mol. The fourth-order valence-corrected chi connectivity index (χ4v) is 3.79. The predicted octanol–water partition coefficient (Wildman–Crippen LogP) is 4.37. The molecule has 2 aromatic heterocycles. The number of fused-ring (bicyclic) bond motifs is 1. The molecule has 1 saturated heterocycles. The Morgan fingerprint density at radius 3 is 2.41 bits per heavy atom. The smallest absolute Gasteiger partial charge is 0.329 e. The van der Waals surface area contributed by atoms with Gasteiger partial charge in [-0.3, -0.25) is 9.88 Å². The van der Waals surface area contributed by atoms with E-state index < -0.39 is 11.7 Å². The van der Waals surface area contributed by atoms with E-state index in [1.54, 1.807) is 18.3 Å². The standard InChI is InChI=1S/C20H21F3N4/c1-26-18-12-24-9-6-17(18)25-19(26)13-27-10-7-15(8-11-27)14-2-4-16(5-3-14)20(21,22)23/h2-6,9,12,15H,7-8,10-11,13H2,1H3. The molecule has 3 heterocycles. The summed E-state index contributed by atoms with van der Waals surface area (Å²) in [5.74, 6) is 1.32. The zero-order valence-electron chi connectivity index (χ0n) is 15.1. The van der Waals surface area contributed by atoms with Crippen molar-refractivity contribution < 1.29 is 13.2 Å². The molecule has 142 valence electrons. The highest BCUT2D eigenvalue weighted by Crippen LogP contribution is 2.33. The summed E-state index contributed by atoms with van der Waals surface area (Å²) in [6.45, 7) is 2.59. The third kappa shape index (κ3) is 3.69. The van der Waals surface area contributed by atoms with E-state index in [4.69, 9.17) is 4.98 Å². The van der Waals surface area contributed by atoms with Gasteiger partial charge in [0.05, 0.1) is 29.3 Å². The fourth-order valence-electron chi connectivity index (χ4n) is 3.79. The second kappa shape index (κ2) is 6.96. The molecule has 0 amide bonds. The Hall–Kier alpha value is -2.41. The van der Waals surface area contributed by atoms with Gasteiger partial charge in [0.1, 0.15) is 5.82 Å². The molecule has 27 heavy (non-hydrogen) atoms. The van der Waals surface area contributed by atoms with Crippen molar-refractivity contribution in [3.63, 3.8) is 0 Å². The van der Waals surface area contributed by atoms with E-state index >= 15 is 0 Å². The van der Waals surface area contributed by atoms with Gasteiger partial charge in [0, 0.05) is 13.2 Å². The van der Waals surface area contributed by atoms with Crippen molar-refractivity contribution >= 4 is 11.0 Å². The quantitative estimate of drug-likeness (QED) is 0.683. The first kappa shape index (κ1) is 18.0. The number of benzene rings is 1. The van der Waals surface area contributed by atoms with Crippen molar-refractivity contribution in [2.24, 2.45) is 7.05 Å². The van der Waals surface area contributed by atoms with Crippen LogP contribution in [0.25, 0.3) is 11.0 Å². The lowest BCUT2D eigenvalue weighted by Gasteiger charge is -2.32. The van der Waals surface area contributed by atoms with E-state index in [0.717, 1.165) is 54.9 Å². The number of hydrogen-bond acceptors (Lipinski definition) is 3. The van der Waals surface area contributed by atoms with Crippen molar-refractivity contribution in [2.45, 2.75) is 31.5 Å². The number of piperidine rings is 1. The molecule has 4 nitrogen and oxygen atoms in total. The molecule has 0 saturated carbocycles. The van der Waals surface area contributed by atoms with E-state index in [0.29, 0.717) is 5.92 Å². The number of nitrogens with zero attached hydrogens (tertiary/aromatic N) is 4. The molecule has 3 aromatic rings. The molecule has 1 fully saturated rings. The molecule has 0 spiro atoms. The number of halogens is 3. The lowest BCUT2D eigenvalue weighted by molar-refractivity contribution is -0.137. The maximum atomic E-state index is 12.7. The Morgan fingerprint density at radius 2 is 1.78 bits per heavy atom. The van der Waals surface area contributed by atoms with E-state index in [2.05, 4.69) is 14.5 Å². The first-order chi connectivity index (χ1) is 12.9. The number of aryl methyl sites for hydroxylation is 1. The summed E-state index contributed by atoms with van der Waals surface area (Å²) < 4.78 is 40.2. The average Bonchev–Trinajstić information content (AvgIpc) is 2.98. The Labute approximate surface area is 155 Å². The zero-order valence-corrected chi connectivity index (χ0v) is 15.1. The summed E-state index contributed by atoms with van der Waals surface area (Å²) in [4.78, 5) is 11.2. The van der Waals surface area contributed by atoms with Gasteiger partial charge >= 0.3 is 6.18 Å². The molecule has 0 unspecified atom stereocenters. The summed E-state index contributed by atoms with van der Waals surface area (Å²) in [5.41, 5.74) is 2.38. The van der Waals surface area contributed by atoms with Gasteiger partial charge < -0.3 is 4.57 Å². The number of aromatic nitrogens is 3. The maximum absolute atomic E-state index is 12.7. The molecular formula is C20H21F3N4. The van der Waals surface area contributed by atoms with Crippen molar-refractivity contribution in [3.05, 3.63) is 59.7 Å². The molecule has 0 N–H and O–H groups in total. The normalized spacial score (nSPS) is 16.9.